The molecule has 76 valence electrons. The number of rotatable bonds is 2. The Labute approximate surface area is 88.2 Å². The average Bonchev–Trinajstić information content (AvgIpc) is 2.69. The summed E-state index contributed by atoms with van der Waals surface area (Å²) in [5.74, 6) is 0. The van der Waals surface area contributed by atoms with E-state index in [2.05, 4.69) is 4.98 Å². The maximum atomic E-state index is 11.3. The topological polar surface area (TPSA) is 76.0 Å². The molecule has 1 N–H and O–H groups in total. The Hall–Kier alpha value is -1.95. The predicted molar refractivity (Wildman–Crippen MR) is 57.0 cm³/mol. The number of H-pyrrole nitrogens is 1. The third-order valence-electron chi connectivity index (χ3n) is 1.87. The molecule has 0 aliphatic heterocycles. The lowest BCUT2D eigenvalue weighted by Gasteiger charge is -1.96. The molecule has 0 bridgehead atoms. The summed E-state index contributed by atoms with van der Waals surface area (Å²) in [7, 11) is 0. The number of aromatic nitrogens is 1. The van der Waals surface area contributed by atoms with Gasteiger partial charge >= 0.3 is 11.2 Å². The Kier molecular flexibility index (Phi) is 2.34. The summed E-state index contributed by atoms with van der Waals surface area (Å²) in [6.45, 7) is 0. The van der Waals surface area contributed by atoms with Gasteiger partial charge in [0.05, 0.1) is 15.5 Å². The molecule has 0 aliphatic carbocycles. The van der Waals surface area contributed by atoms with Gasteiger partial charge in [0.25, 0.3) is 0 Å². The van der Waals surface area contributed by atoms with Crippen molar-refractivity contribution in [2.24, 2.45) is 0 Å². The standard InChI is InChI=1S/C9H6N2O3S/c12-9-7(11(13)14)4-3-6(10-9)8-2-1-5-15-8/h1-5H,(H,10,12). The summed E-state index contributed by atoms with van der Waals surface area (Å²) in [5.41, 5.74) is -0.512. The van der Waals surface area contributed by atoms with Crippen LogP contribution in [0.4, 0.5) is 5.69 Å². The van der Waals surface area contributed by atoms with Gasteiger partial charge in [0.1, 0.15) is 0 Å². The molecule has 0 saturated heterocycles. The lowest BCUT2D eigenvalue weighted by Crippen LogP contribution is -2.11. The lowest BCUT2D eigenvalue weighted by atomic mass is 10.3. The highest BCUT2D eigenvalue weighted by atomic mass is 32.1. The van der Waals surface area contributed by atoms with Crippen molar-refractivity contribution in [1.82, 2.24) is 4.98 Å². The molecular formula is C9H6N2O3S. The average molecular weight is 222 g/mol. The summed E-state index contributed by atoms with van der Waals surface area (Å²) in [4.78, 5) is 24.3. The van der Waals surface area contributed by atoms with Crippen LogP contribution >= 0.6 is 11.3 Å². The van der Waals surface area contributed by atoms with Crippen LogP contribution in [-0.4, -0.2) is 9.91 Å². The number of aromatic amines is 1. The second kappa shape index (κ2) is 3.66. The fraction of sp³-hybridized carbons (Fsp3) is 0. The number of nitrogens with one attached hydrogen (secondary N) is 1. The minimum absolute atomic E-state index is 0.435. The van der Waals surface area contributed by atoms with Crippen LogP contribution in [0, 0.1) is 10.1 Å². The molecule has 0 spiro atoms. The Balaban J connectivity index is 2.52. The Morgan fingerprint density at radius 2 is 2.13 bits per heavy atom. The van der Waals surface area contributed by atoms with Crippen molar-refractivity contribution >= 4 is 17.0 Å². The van der Waals surface area contributed by atoms with Crippen molar-refractivity contribution in [3.05, 3.63) is 50.1 Å². The molecule has 15 heavy (non-hydrogen) atoms. The van der Waals surface area contributed by atoms with Crippen molar-refractivity contribution in [3.63, 3.8) is 0 Å². The molecule has 0 aliphatic rings. The van der Waals surface area contributed by atoms with E-state index in [-0.39, 0.29) is 0 Å². The number of pyridine rings is 1. The normalized spacial score (nSPS) is 10.1. The summed E-state index contributed by atoms with van der Waals surface area (Å²) >= 11 is 1.46. The van der Waals surface area contributed by atoms with E-state index in [0.717, 1.165) is 4.88 Å². The van der Waals surface area contributed by atoms with Crippen LogP contribution in [0.1, 0.15) is 0 Å². The highest BCUT2D eigenvalue weighted by molar-refractivity contribution is 7.13. The molecule has 5 nitrogen and oxygen atoms in total. The van der Waals surface area contributed by atoms with E-state index in [4.69, 9.17) is 0 Å². The smallest absolute Gasteiger partial charge is 0.315 e. The van der Waals surface area contributed by atoms with E-state index in [0.29, 0.717) is 5.69 Å². The van der Waals surface area contributed by atoms with Crippen LogP contribution in [0.2, 0.25) is 0 Å². The van der Waals surface area contributed by atoms with Crippen molar-refractivity contribution in [1.29, 1.82) is 0 Å². The Bertz CT molecular complexity index is 545. The lowest BCUT2D eigenvalue weighted by molar-refractivity contribution is -0.386. The first kappa shape index (κ1) is 9.60. The first-order valence-corrected chi connectivity index (χ1v) is 4.98. The molecule has 6 heteroatoms. The number of hydrogen-bond acceptors (Lipinski definition) is 4. The van der Waals surface area contributed by atoms with Crippen LogP contribution in [-0.2, 0) is 0 Å². The quantitative estimate of drug-likeness (QED) is 0.623. The van der Waals surface area contributed by atoms with Gasteiger partial charge < -0.3 is 4.98 Å². The largest absolute Gasteiger partial charge is 0.333 e. The first-order valence-electron chi connectivity index (χ1n) is 4.10. The van der Waals surface area contributed by atoms with Gasteiger partial charge in [0, 0.05) is 6.07 Å². The molecule has 0 atom stereocenters. The summed E-state index contributed by atoms with van der Waals surface area (Å²) in [5, 5.41) is 12.3. The maximum Gasteiger partial charge on any atom is 0.333 e. The highest BCUT2D eigenvalue weighted by Crippen LogP contribution is 2.22. The van der Waals surface area contributed by atoms with Gasteiger partial charge in [-0.2, -0.15) is 0 Å². The van der Waals surface area contributed by atoms with E-state index >= 15 is 0 Å². The number of thiophene rings is 1. The molecule has 0 radical (unpaired) electrons. The molecule has 0 saturated carbocycles. The van der Waals surface area contributed by atoms with Crippen LogP contribution in [0.25, 0.3) is 10.6 Å². The van der Waals surface area contributed by atoms with Crippen LogP contribution in [0.5, 0.6) is 0 Å². The third kappa shape index (κ3) is 1.79. The summed E-state index contributed by atoms with van der Waals surface area (Å²) in [6.07, 6.45) is 0. The van der Waals surface area contributed by atoms with Crippen LogP contribution in [0.15, 0.2) is 34.4 Å². The number of nitrogens with zero attached hydrogens (tertiary/aromatic N) is 1. The van der Waals surface area contributed by atoms with E-state index < -0.39 is 16.2 Å². The van der Waals surface area contributed by atoms with E-state index in [1.807, 2.05) is 17.5 Å². The van der Waals surface area contributed by atoms with Gasteiger partial charge in [0.15, 0.2) is 0 Å². The molecule has 2 aromatic rings. The van der Waals surface area contributed by atoms with Crippen LogP contribution in [0.3, 0.4) is 0 Å². The Morgan fingerprint density at radius 3 is 2.67 bits per heavy atom. The van der Waals surface area contributed by atoms with Crippen molar-refractivity contribution in [3.8, 4) is 10.6 Å². The third-order valence-corrected chi connectivity index (χ3v) is 2.78. The molecular weight excluding hydrogens is 216 g/mol. The Morgan fingerprint density at radius 1 is 1.33 bits per heavy atom. The fourth-order valence-corrected chi connectivity index (χ4v) is 1.89. The number of hydrogen-bond donors (Lipinski definition) is 1. The van der Waals surface area contributed by atoms with Gasteiger partial charge in [-0.05, 0) is 17.5 Å². The summed E-state index contributed by atoms with van der Waals surface area (Å²) < 4.78 is 0. The van der Waals surface area contributed by atoms with E-state index in [1.54, 1.807) is 0 Å². The van der Waals surface area contributed by atoms with Crippen molar-refractivity contribution in [2.45, 2.75) is 0 Å². The van der Waals surface area contributed by atoms with Gasteiger partial charge in [0.2, 0.25) is 0 Å². The van der Waals surface area contributed by atoms with Crippen molar-refractivity contribution < 1.29 is 4.92 Å². The molecule has 2 heterocycles. The van der Waals surface area contributed by atoms with Crippen molar-refractivity contribution in [2.75, 3.05) is 0 Å². The van der Waals surface area contributed by atoms with Gasteiger partial charge in [-0.25, -0.2) is 0 Å². The molecule has 0 unspecified atom stereocenters. The molecule has 0 amide bonds. The van der Waals surface area contributed by atoms with Crippen LogP contribution < -0.4 is 5.56 Å². The second-order valence-electron chi connectivity index (χ2n) is 2.82. The monoisotopic (exact) mass is 222 g/mol. The molecule has 0 aromatic carbocycles. The SMILES string of the molecule is O=c1[nH]c(-c2cccs2)ccc1[N+](=O)[O-]. The van der Waals surface area contributed by atoms with Gasteiger partial charge in [-0.3, -0.25) is 14.9 Å². The second-order valence-corrected chi connectivity index (χ2v) is 3.77. The molecule has 0 fully saturated rings. The minimum atomic E-state index is -0.697. The maximum absolute atomic E-state index is 11.3. The molecule has 2 aromatic heterocycles. The number of nitro groups is 1. The molecule has 2 rings (SSSR count). The zero-order valence-corrected chi connectivity index (χ0v) is 8.28. The predicted octanol–water partition coefficient (Wildman–Crippen LogP) is 2.01. The summed E-state index contributed by atoms with van der Waals surface area (Å²) in [6, 6.07) is 6.43. The van der Waals surface area contributed by atoms with E-state index in [1.165, 1.54) is 23.5 Å². The van der Waals surface area contributed by atoms with E-state index in [9.17, 15) is 14.9 Å². The fourth-order valence-electron chi connectivity index (χ4n) is 1.19. The minimum Gasteiger partial charge on any atom is -0.315 e. The highest BCUT2D eigenvalue weighted by Gasteiger charge is 2.12. The zero-order valence-electron chi connectivity index (χ0n) is 7.47. The zero-order chi connectivity index (χ0) is 10.8. The first-order chi connectivity index (χ1) is 7.18. The van der Waals surface area contributed by atoms with Gasteiger partial charge in [-0.1, -0.05) is 6.07 Å². The van der Waals surface area contributed by atoms with Gasteiger partial charge in [-0.15, -0.1) is 11.3 Å².